The molecule has 1 heterocycles. The molecule has 208 valence electrons. The van der Waals surface area contributed by atoms with E-state index in [-0.39, 0.29) is 24.3 Å². The molecule has 1 aromatic heterocycles. The number of methoxy groups -OCH3 is 2. The summed E-state index contributed by atoms with van der Waals surface area (Å²) < 4.78 is 15.9. The minimum atomic E-state index is -1.19. The number of carbonyl (C=O) groups excluding carboxylic acids is 3. The van der Waals surface area contributed by atoms with E-state index in [4.69, 9.17) is 25.6 Å². The first-order valence-corrected chi connectivity index (χ1v) is 12.6. The molecule has 0 saturated carbocycles. The van der Waals surface area contributed by atoms with Crippen LogP contribution in [0.4, 0.5) is 11.5 Å². The van der Waals surface area contributed by atoms with Gasteiger partial charge in [0, 0.05) is 41.1 Å². The molecule has 0 unspecified atom stereocenters. The number of benzene rings is 2. The molecule has 11 heteroatoms. The van der Waals surface area contributed by atoms with Gasteiger partial charge in [0.1, 0.15) is 23.3 Å². The maximum Gasteiger partial charge on any atom is 0.248 e. The van der Waals surface area contributed by atoms with Gasteiger partial charge in [-0.25, -0.2) is 0 Å². The predicted molar refractivity (Wildman–Crippen MR) is 148 cm³/mol. The fourth-order valence-electron chi connectivity index (χ4n) is 3.91. The molecule has 39 heavy (non-hydrogen) atoms. The summed E-state index contributed by atoms with van der Waals surface area (Å²) in [7, 11) is 2.95. The van der Waals surface area contributed by atoms with Gasteiger partial charge in [-0.05, 0) is 45.9 Å². The van der Waals surface area contributed by atoms with Gasteiger partial charge in [-0.2, -0.15) is 0 Å². The molecule has 1 atom stereocenters. The van der Waals surface area contributed by atoms with Crippen LogP contribution in [0.1, 0.15) is 51.0 Å². The molecule has 0 aliphatic heterocycles. The topological polar surface area (TPSA) is 123 Å². The molecule has 0 bridgehead atoms. The minimum Gasteiger partial charge on any atom is -0.497 e. The zero-order valence-electron chi connectivity index (χ0n) is 22.8. The van der Waals surface area contributed by atoms with Crippen molar-refractivity contribution in [2.24, 2.45) is 0 Å². The van der Waals surface area contributed by atoms with Crippen LogP contribution in [0.2, 0.25) is 5.02 Å². The fourth-order valence-corrected chi connectivity index (χ4v) is 4.15. The first-order valence-electron chi connectivity index (χ1n) is 12.3. The van der Waals surface area contributed by atoms with Crippen molar-refractivity contribution < 1.29 is 28.4 Å². The van der Waals surface area contributed by atoms with Gasteiger partial charge < -0.3 is 24.6 Å². The minimum absolute atomic E-state index is 0.177. The highest BCUT2D eigenvalue weighted by atomic mass is 35.5. The van der Waals surface area contributed by atoms with Crippen molar-refractivity contribution in [1.29, 1.82) is 0 Å². The lowest BCUT2D eigenvalue weighted by Gasteiger charge is -2.35. The third-order valence-corrected chi connectivity index (χ3v) is 5.92. The Morgan fingerprint density at radius 2 is 1.77 bits per heavy atom. The maximum atomic E-state index is 14.0. The molecule has 0 spiro atoms. The Balaban J connectivity index is 2.08. The Kier molecular flexibility index (Phi) is 9.58. The van der Waals surface area contributed by atoms with Gasteiger partial charge >= 0.3 is 0 Å². The van der Waals surface area contributed by atoms with E-state index >= 15 is 0 Å². The third kappa shape index (κ3) is 7.73. The predicted octanol–water partition coefficient (Wildman–Crippen LogP) is 5.06. The lowest BCUT2D eigenvalue weighted by atomic mass is 9.99. The van der Waals surface area contributed by atoms with Crippen LogP contribution in [0, 0.1) is 6.92 Å². The lowest BCUT2D eigenvalue weighted by molar-refractivity contribution is -0.128. The van der Waals surface area contributed by atoms with Crippen LogP contribution in [0.15, 0.2) is 53.1 Å². The summed E-state index contributed by atoms with van der Waals surface area (Å²) in [6.45, 7) is 7.21. The van der Waals surface area contributed by atoms with Crippen molar-refractivity contribution in [3.05, 3.63) is 64.9 Å². The van der Waals surface area contributed by atoms with Crippen molar-refractivity contribution in [3.63, 3.8) is 0 Å². The number of ether oxygens (including phenoxy) is 2. The van der Waals surface area contributed by atoms with E-state index in [9.17, 15) is 14.4 Å². The second-order valence-corrected chi connectivity index (χ2v) is 10.2. The standard InChI is InChI=1S/C28H33ClN4O6/c1-17-15-23(32-39-17)30-24(34)13-14-25(35)33(21-16-18(37-5)11-12-22(21)38-6)26(27(36)31-28(2,3)4)19-9-7-8-10-20(19)29/h7-12,15-16,26H,13-14H2,1-6H3,(H,31,36)(H,30,32,34)/t26-/m1/s1. The molecule has 3 amide bonds. The van der Waals surface area contributed by atoms with Crippen LogP contribution in [0.3, 0.4) is 0 Å². The molecule has 0 radical (unpaired) electrons. The molecule has 0 aliphatic carbocycles. The monoisotopic (exact) mass is 556 g/mol. The van der Waals surface area contributed by atoms with E-state index < -0.39 is 29.3 Å². The summed E-state index contributed by atoms with van der Waals surface area (Å²) in [6.07, 6.45) is -0.406. The van der Waals surface area contributed by atoms with Gasteiger partial charge in [0.15, 0.2) is 5.82 Å². The van der Waals surface area contributed by atoms with Gasteiger partial charge in [-0.15, -0.1) is 0 Å². The fraction of sp³-hybridized carbons (Fsp3) is 0.357. The third-order valence-electron chi connectivity index (χ3n) is 5.58. The van der Waals surface area contributed by atoms with Crippen LogP contribution in [0.25, 0.3) is 0 Å². The number of aryl methyl sites for hydroxylation is 1. The van der Waals surface area contributed by atoms with Crippen molar-refractivity contribution in [1.82, 2.24) is 10.5 Å². The van der Waals surface area contributed by atoms with Gasteiger partial charge in [-0.3, -0.25) is 19.3 Å². The number of hydrogen-bond acceptors (Lipinski definition) is 7. The second kappa shape index (κ2) is 12.7. The summed E-state index contributed by atoms with van der Waals surface area (Å²) in [5.74, 6) is 0.130. The van der Waals surface area contributed by atoms with E-state index in [2.05, 4.69) is 15.8 Å². The number of halogens is 1. The number of nitrogens with one attached hydrogen (secondary N) is 2. The summed E-state index contributed by atoms with van der Waals surface area (Å²) in [5.41, 5.74) is 0.0735. The molecule has 2 aromatic carbocycles. The molecule has 3 rings (SSSR count). The zero-order valence-corrected chi connectivity index (χ0v) is 23.6. The summed E-state index contributed by atoms with van der Waals surface area (Å²) in [4.78, 5) is 41.7. The Bertz CT molecular complexity index is 1330. The van der Waals surface area contributed by atoms with E-state index in [0.717, 1.165) is 0 Å². The maximum absolute atomic E-state index is 14.0. The van der Waals surface area contributed by atoms with Gasteiger partial charge in [0.05, 0.1) is 19.9 Å². The quantitative estimate of drug-likeness (QED) is 0.358. The molecule has 0 saturated heterocycles. The molecule has 3 aromatic rings. The van der Waals surface area contributed by atoms with Crippen molar-refractivity contribution in [3.8, 4) is 11.5 Å². The van der Waals surface area contributed by atoms with E-state index in [0.29, 0.717) is 27.8 Å². The van der Waals surface area contributed by atoms with Crippen molar-refractivity contribution in [2.75, 3.05) is 24.4 Å². The number of hydrogen-bond donors (Lipinski definition) is 2. The van der Waals surface area contributed by atoms with E-state index in [1.807, 2.05) is 20.8 Å². The highest BCUT2D eigenvalue weighted by Crippen LogP contribution is 2.40. The molecular weight excluding hydrogens is 524 g/mol. The molecule has 10 nitrogen and oxygen atoms in total. The van der Waals surface area contributed by atoms with Gasteiger partial charge in [0.2, 0.25) is 17.7 Å². The van der Waals surface area contributed by atoms with Crippen molar-refractivity contribution >= 4 is 40.8 Å². The highest BCUT2D eigenvalue weighted by Gasteiger charge is 2.37. The largest absolute Gasteiger partial charge is 0.497 e. The molecular formula is C28H33ClN4O6. The Labute approximate surface area is 232 Å². The van der Waals surface area contributed by atoms with Crippen LogP contribution < -0.4 is 25.0 Å². The highest BCUT2D eigenvalue weighted by molar-refractivity contribution is 6.31. The number of carbonyl (C=O) groups is 3. The van der Waals surface area contributed by atoms with Crippen LogP contribution in [0.5, 0.6) is 11.5 Å². The smallest absolute Gasteiger partial charge is 0.248 e. The number of aromatic nitrogens is 1. The molecule has 2 N–H and O–H groups in total. The average molecular weight is 557 g/mol. The summed E-state index contributed by atoms with van der Waals surface area (Å²) >= 11 is 6.57. The lowest BCUT2D eigenvalue weighted by Crippen LogP contribution is -2.49. The number of anilines is 2. The second-order valence-electron chi connectivity index (χ2n) is 9.84. The Morgan fingerprint density at radius 1 is 1.05 bits per heavy atom. The van der Waals surface area contributed by atoms with Crippen LogP contribution in [-0.4, -0.2) is 42.6 Å². The van der Waals surface area contributed by atoms with E-state index in [1.54, 1.807) is 55.5 Å². The van der Waals surface area contributed by atoms with Crippen molar-refractivity contribution in [2.45, 2.75) is 52.1 Å². The number of nitrogens with zero attached hydrogens (tertiary/aromatic N) is 2. The Hall–Kier alpha value is -4.05. The van der Waals surface area contributed by atoms with E-state index in [1.165, 1.54) is 19.1 Å². The molecule has 0 fully saturated rings. The van der Waals surface area contributed by atoms with Gasteiger partial charge in [-0.1, -0.05) is 35.0 Å². The van der Waals surface area contributed by atoms with Crippen LogP contribution in [-0.2, 0) is 14.4 Å². The average Bonchev–Trinajstić information content (AvgIpc) is 3.29. The summed E-state index contributed by atoms with van der Waals surface area (Å²) in [5, 5.41) is 9.59. The summed E-state index contributed by atoms with van der Waals surface area (Å²) in [6, 6.07) is 12.1. The SMILES string of the molecule is COc1ccc(OC)c(N(C(=O)CCC(=O)Nc2cc(C)on2)[C@@H](C(=O)NC(C)(C)C)c2ccccc2Cl)c1. The normalized spacial score (nSPS) is 11.9. The van der Waals surface area contributed by atoms with Crippen LogP contribution >= 0.6 is 11.6 Å². The van der Waals surface area contributed by atoms with Gasteiger partial charge in [0.25, 0.3) is 0 Å². The zero-order chi connectivity index (χ0) is 28.7. The number of rotatable bonds is 10. The first-order chi connectivity index (χ1) is 18.4. The number of amides is 3. The Morgan fingerprint density at radius 3 is 2.36 bits per heavy atom. The first kappa shape index (κ1) is 29.5. The molecule has 0 aliphatic rings.